The topological polar surface area (TPSA) is 79.5 Å². The van der Waals surface area contributed by atoms with Crippen molar-refractivity contribution < 1.29 is 23.1 Å². The normalized spacial score (nSPS) is 11.4. The molecule has 0 saturated heterocycles. The minimum absolute atomic E-state index is 0.252. The second-order valence-electron chi connectivity index (χ2n) is 5.59. The van der Waals surface area contributed by atoms with Crippen LogP contribution in [0.4, 0.5) is 25.0 Å². The lowest BCUT2D eigenvalue weighted by Gasteiger charge is -2.17. The van der Waals surface area contributed by atoms with Gasteiger partial charge in [-0.05, 0) is 42.8 Å². The molecule has 6 nitrogen and oxygen atoms in total. The van der Waals surface area contributed by atoms with Gasteiger partial charge in [-0.3, -0.25) is 4.79 Å². The van der Waals surface area contributed by atoms with Gasteiger partial charge in [-0.2, -0.15) is 0 Å². The van der Waals surface area contributed by atoms with Gasteiger partial charge in [-0.25, -0.2) is 13.6 Å². The Kier molecular flexibility index (Phi) is 6.11. The standard InChI is InChI=1S/C18H19F2N3O3/c1-10(12-4-6-14(19)15(20)8-12)21-18(25)23-16-9-13(22-11(2)24)5-7-17(16)26-3/h4-10H,1-3H3,(H,22,24)(H2,21,23,25). The summed E-state index contributed by atoms with van der Waals surface area (Å²) in [4.78, 5) is 23.4. The van der Waals surface area contributed by atoms with Gasteiger partial charge in [0.2, 0.25) is 5.91 Å². The van der Waals surface area contributed by atoms with E-state index in [9.17, 15) is 18.4 Å². The number of urea groups is 1. The smallest absolute Gasteiger partial charge is 0.319 e. The zero-order valence-electron chi connectivity index (χ0n) is 14.5. The average Bonchev–Trinajstić information content (AvgIpc) is 2.57. The molecule has 1 atom stereocenters. The molecule has 2 aromatic carbocycles. The molecule has 138 valence electrons. The number of methoxy groups -OCH3 is 1. The number of carbonyl (C=O) groups excluding carboxylic acids is 2. The van der Waals surface area contributed by atoms with Crippen LogP contribution in [0.15, 0.2) is 36.4 Å². The first-order chi connectivity index (χ1) is 12.3. The molecule has 2 aromatic rings. The highest BCUT2D eigenvalue weighted by atomic mass is 19.2. The molecule has 0 aliphatic heterocycles. The predicted molar refractivity (Wildman–Crippen MR) is 94.2 cm³/mol. The Labute approximate surface area is 149 Å². The van der Waals surface area contributed by atoms with Crippen LogP contribution in [0, 0.1) is 11.6 Å². The molecule has 3 amide bonds. The number of benzene rings is 2. The lowest BCUT2D eigenvalue weighted by Crippen LogP contribution is -2.31. The van der Waals surface area contributed by atoms with Crippen LogP contribution in [0.5, 0.6) is 5.75 Å². The van der Waals surface area contributed by atoms with Crippen LogP contribution < -0.4 is 20.7 Å². The number of halogens is 2. The number of nitrogens with one attached hydrogen (secondary N) is 3. The number of hydrogen-bond acceptors (Lipinski definition) is 3. The number of hydrogen-bond donors (Lipinski definition) is 3. The zero-order chi connectivity index (χ0) is 19.3. The summed E-state index contributed by atoms with van der Waals surface area (Å²) >= 11 is 0. The summed E-state index contributed by atoms with van der Waals surface area (Å²) in [6.07, 6.45) is 0. The predicted octanol–water partition coefficient (Wildman–Crippen LogP) is 3.81. The maximum atomic E-state index is 13.3. The Morgan fingerprint density at radius 2 is 1.77 bits per heavy atom. The highest BCUT2D eigenvalue weighted by Gasteiger charge is 2.14. The van der Waals surface area contributed by atoms with Gasteiger partial charge < -0.3 is 20.7 Å². The van der Waals surface area contributed by atoms with Crippen LogP contribution in [0.25, 0.3) is 0 Å². The quantitative estimate of drug-likeness (QED) is 0.756. The Bertz CT molecular complexity index is 827. The largest absolute Gasteiger partial charge is 0.495 e. The van der Waals surface area contributed by atoms with E-state index in [1.54, 1.807) is 25.1 Å². The lowest BCUT2D eigenvalue weighted by molar-refractivity contribution is -0.114. The van der Waals surface area contributed by atoms with Crippen molar-refractivity contribution in [3.63, 3.8) is 0 Å². The van der Waals surface area contributed by atoms with Crippen LogP contribution in [-0.2, 0) is 4.79 Å². The van der Waals surface area contributed by atoms with Gasteiger partial charge in [0.25, 0.3) is 0 Å². The highest BCUT2D eigenvalue weighted by Crippen LogP contribution is 2.28. The molecule has 0 radical (unpaired) electrons. The van der Waals surface area contributed by atoms with E-state index in [0.717, 1.165) is 12.1 Å². The number of carbonyl (C=O) groups is 2. The third-order valence-corrected chi connectivity index (χ3v) is 3.56. The van der Waals surface area contributed by atoms with Crippen molar-refractivity contribution >= 4 is 23.3 Å². The van der Waals surface area contributed by atoms with Gasteiger partial charge in [0, 0.05) is 12.6 Å². The second kappa shape index (κ2) is 8.28. The van der Waals surface area contributed by atoms with Gasteiger partial charge in [-0.15, -0.1) is 0 Å². The van der Waals surface area contributed by atoms with Crippen LogP contribution >= 0.6 is 0 Å². The molecule has 0 aliphatic carbocycles. The van der Waals surface area contributed by atoms with E-state index in [2.05, 4.69) is 16.0 Å². The molecule has 26 heavy (non-hydrogen) atoms. The van der Waals surface area contributed by atoms with Gasteiger partial charge in [-0.1, -0.05) is 6.07 Å². The molecule has 0 aliphatic rings. The number of ether oxygens (including phenoxy) is 1. The van der Waals surface area contributed by atoms with Gasteiger partial charge in [0.1, 0.15) is 5.75 Å². The molecule has 2 rings (SSSR count). The van der Waals surface area contributed by atoms with Gasteiger partial charge in [0.05, 0.1) is 18.8 Å². The lowest BCUT2D eigenvalue weighted by atomic mass is 10.1. The van der Waals surface area contributed by atoms with Crippen molar-refractivity contribution in [1.29, 1.82) is 0 Å². The van der Waals surface area contributed by atoms with E-state index in [0.29, 0.717) is 22.7 Å². The summed E-state index contributed by atoms with van der Waals surface area (Å²) in [5.74, 6) is -1.79. The summed E-state index contributed by atoms with van der Waals surface area (Å²) < 4.78 is 31.5. The molecule has 8 heteroatoms. The summed E-state index contributed by atoms with van der Waals surface area (Å²) in [7, 11) is 1.44. The van der Waals surface area contributed by atoms with E-state index in [1.165, 1.54) is 20.1 Å². The monoisotopic (exact) mass is 363 g/mol. The summed E-state index contributed by atoms with van der Waals surface area (Å²) in [5.41, 5.74) is 1.24. The molecule has 3 N–H and O–H groups in total. The Hall–Kier alpha value is -3.16. The fourth-order valence-electron chi connectivity index (χ4n) is 2.31. The maximum Gasteiger partial charge on any atom is 0.319 e. The van der Waals surface area contributed by atoms with Crippen molar-refractivity contribution in [3.8, 4) is 5.75 Å². The maximum absolute atomic E-state index is 13.3. The van der Waals surface area contributed by atoms with Crippen molar-refractivity contribution in [3.05, 3.63) is 53.6 Å². The van der Waals surface area contributed by atoms with E-state index in [1.807, 2.05) is 0 Å². The molecule has 0 heterocycles. The van der Waals surface area contributed by atoms with Crippen molar-refractivity contribution in [2.45, 2.75) is 19.9 Å². The highest BCUT2D eigenvalue weighted by molar-refractivity contribution is 5.94. The molecule has 0 aromatic heterocycles. The molecular weight excluding hydrogens is 344 g/mol. The van der Waals surface area contributed by atoms with Crippen molar-refractivity contribution in [2.75, 3.05) is 17.7 Å². The summed E-state index contributed by atoms with van der Waals surface area (Å²) in [6, 6.07) is 7.06. The molecule has 0 spiro atoms. The molecule has 0 saturated carbocycles. The Balaban J connectivity index is 2.10. The van der Waals surface area contributed by atoms with Crippen LogP contribution in [0.3, 0.4) is 0 Å². The molecule has 0 fully saturated rings. The molecule has 0 bridgehead atoms. The first-order valence-electron chi connectivity index (χ1n) is 7.78. The summed E-state index contributed by atoms with van der Waals surface area (Å²) in [6.45, 7) is 3.00. The number of rotatable bonds is 5. The van der Waals surface area contributed by atoms with Gasteiger partial charge in [0.15, 0.2) is 11.6 Å². The van der Waals surface area contributed by atoms with E-state index < -0.39 is 23.7 Å². The SMILES string of the molecule is COc1ccc(NC(C)=O)cc1NC(=O)NC(C)c1ccc(F)c(F)c1. The fraction of sp³-hybridized carbons (Fsp3) is 0.222. The van der Waals surface area contributed by atoms with Crippen LogP contribution in [0.1, 0.15) is 25.5 Å². The summed E-state index contributed by atoms with van der Waals surface area (Å²) in [5, 5.41) is 7.83. The van der Waals surface area contributed by atoms with E-state index in [-0.39, 0.29) is 5.91 Å². The first kappa shape index (κ1) is 19.2. The van der Waals surface area contributed by atoms with E-state index >= 15 is 0 Å². The third-order valence-electron chi connectivity index (χ3n) is 3.56. The molecule has 1 unspecified atom stereocenters. The Morgan fingerprint density at radius 1 is 1.04 bits per heavy atom. The fourth-order valence-corrected chi connectivity index (χ4v) is 2.31. The van der Waals surface area contributed by atoms with Gasteiger partial charge >= 0.3 is 6.03 Å². The van der Waals surface area contributed by atoms with E-state index in [4.69, 9.17) is 4.74 Å². The van der Waals surface area contributed by atoms with Crippen molar-refractivity contribution in [1.82, 2.24) is 5.32 Å². The third kappa shape index (κ3) is 4.92. The zero-order valence-corrected chi connectivity index (χ0v) is 14.5. The van der Waals surface area contributed by atoms with Crippen LogP contribution in [0.2, 0.25) is 0 Å². The second-order valence-corrected chi connectivity index (χ2v) is 5.59. The number of amides is 3. The molecular formula is C18H19F2N3O3. The minimum Gasteiger partial charge on any atom is -0.495 e. The number of anilines is 2. The van der Waals surface area contributed by atoms with Crippen molar-refractivity contribution in [2.24, 2.45) is 0 Å². The minimum atomic E-state index is -0.985. The first-order valence-corrected chi connectivity index (χ1v) is 7.78. The van der Waals surface area contributed by atoms with Crippen LogP contribution in [-0.4, -0.2) is 19.0 Å². The Morgan fingerprint density at radius 3 is 2.38 bits per heavy atom. The average molecular weight is 363 g/mol.